The smallest absolute Gasteiger partial charge is 0.194 e. The molecule has 0 aliphatic rings. The molecule has 0 unspecified atom stereocenters. The molecule has 0 saturated heterocycles. The van der Waals surface area contributed by atoms with E-state index in [0.29, 0.717) is 18.9 Å². The maximum absolute atomic E-state index is 5.74. The van der Waals surface area contributed by atoms with Gasteiger partial charge in [0.25, 0.3) is 0 Å². The van der Waals surface area contributed by atoms with Gasteiger partial charge in [0.05, 0.1) is 13.6 Å². The first kappa shape index (κ1) is 10.8. The molecule has 0 amide bonds. The Bertz CT molecular complexity index is 682. The number of rotatable bonds is 3. The molecular weight excluding hydrogens is 230 g/mol. The first-order chi connectivity index (χ1) is 8.78. The van der Waals surface area contributed by atoms with Gasteiger partial charge in [-0.3, -0.25) is 0 Å². The fraction of sp³-hybridized carbons (Fsp3) is 0.273. The SMILES string of the molecule is Cn1nnc(Cn2cc(CN)c3cccnc32)n1. The molecule has 0 radical (unpaired) electrons. The highest BCUT2D eigenvalue weighted by Crippen LogP contribution is 2.19. The Morgan fingerprint density at radius 2 is 2.28 bits per heavy atom. The van der Waals surface area contributed by atoms with E-state index < -0.39 is 0 Å². The third kappa shape index (κ3) is 1.74. The predicted octanol–water partition coefficient (Wildman–Crippen LogP) is 0.0668. The Morgan fingerprint density at radius 3 is 3.00 bits per heavy atom. The summed E-state index contributed by atoms with van der Waals surface area (Å²) in [6, 6.07) is 3.93. The molecule has 0 aromatic carbocycles. The van der Waals surface area contributed by atoms with Gasteiger partial charge in [-0.25, -0.2) is 4.98 Å². The lowest BCUT2D eigenvalue weighted by atomic mass is 10.2. The molecule has 0 spiro atoms. The van der Waals surface area contributed by atoms with Gasteiger partial charge < -0.3 is 10.3 Å². The second kappa shape index (κ2) is 4.19. The molecule has 0 fully saturated rings. The van der Waals surface area contributed by atoms with E-state index in [4.69, 9.17) is 5.73 Å². The number of nitrogens with zero attached hydrogens (tertiary/aromatic N) is 6. The van der Waals surface area contributed by atoms with Gasteiger partial charge in [0, 0.05) is 24.3 Å². The van der Waals surface area contributed by atoms with Crippen LogP contribution in [0.1, 0.15) is 11.4 Å². The van der Waals surface area contributed by atoms with E-state index in [1.807, 2.05) is 22.9 Å². The van der Waals surface area contributed by atoms with Gasteiger partial charge in [-0.2, -0.15) is 4.80 Å². The fourth-order valence-electron chi connectivity index (χ4n) is 2.02. The number of aryl methyl sites for hydroxylation is 1. The van der Waals surface area contributed by atoms with Crippen molar-refractivity contribution in [3.8, 4) is 0 Å². The van der Waals surface area contributed by atoms with Crippen molar-refractivity contribution in [3.05, 3.63) is 35.9 Å². The largest absolute Gasteiger partial charge is 0.326 e. The van der Waals surface area contributed by atoms with E-state index in [1.165, 1.54) is 4.80 Å². The minimum absolute atomic E-state index is 0.489. The molecule has 92 valence electrons. The molecule has 0 bridgehead atoms. The van der Waals surface area contributed by atoms with Crippen LogP contribution in [0.25, 0.3) is 11.0 Å². The molecule has 2 N–H and O–H groups in total. The van der Waals surface area contributed by atoms with Crippen LogP contribution < -0.4 is 5.73 Å². The molecule has 0 aliphatic heterocycles. The average molecular weight is 243 g/mol. The molecule has 18 heavy (non-hydrogen) atoms. The molecular formula is C11H13N7. The van der Waals surface area contributed by atoms with Gasteiger partial charge in [0.15, 0.2) is 5.82 Å². The Morgan fingerprint density at radius 1 is 1.39 bits per heavy atom. The molecule has 0 aliphatic carbocycles. The lowest BCUT2D eigenvalue weighted by Gasteiger charge is -1.99. The Labute approximate surface area is 103 Å². The van der Waals surface area contributed by atoms with Gasteiger partial charge >= 0.3 is 0 Å². The number of nitrogens with two attached hydrogens (primary N) is 1. The Hall–Kier alpha value is -2.28. The highest BCUT2D eigenvalue weighted by Gasteiger charge is 2.10. The number of fused-ring (bicyclic) bond motifs is 1. The number of aromatic nitrogens is 6. The quantitative estimate of drug-likeness (QED) is 0.703. The Kier molecular flexibility index (Phi) is 2.52. The minimum atomic E-state index is 0.489. The topological polar surface area (TPSA) is 87.4 Å². The van der Waals surface area contributed by atoms with E-state index in [-0.39, 0.29) is 0 Å². The van der Waals surface area contributed by atoms with Crippen LogP contribution in [0, 0.1) is 0 Å². The van der Waals surface area contributed by atoms with Crippen molar-refractivity contribution in [1.82, 2.24) is 29.8 Å². The normalized spacial score (nSPS) is 11.2. The monoisotopic (exact) mass is 243 g/mol. The third-order valence-corrected chi connectivity index (χ3v) is 2.80. The summed E-state index contributed by atoms with van der Waals surface area (Å²) in [5.74, 6) is 0.656. The van der Waals surface area contributed by atoms with E-state index in [2.05, 4.69) is 20.4 Å². The van der Waals surface area contributed by atoms with Gasteiger partial charge in [0.2, 0.25) is 0 Å². The second-order valence-electron chi connectivity index (χ2n) is 4.06. The van der Waals surface area contributed by atoms with Crippen LogP contribution in [0.2, 0.25) is 0 Å². The van der Waals surface area contributed by atoms with Crippen LogP contribution in [0.15, 0.2) is 24.5 Å². The first-order valence-corrected chi connectivity index (χ1v) is 5.63. The average Bonchev–Trinajstić information content (AvgIpc) is 2.95. The van der Waals surface area contributed by atoms with Gasteiger partial charge in [-0.05, 0) is 22.9 Å². The predicted molar refractivity (Wildman–Crippen MR) is 65.5 cm³/mol. The van der Waals surface area contributed by atoms with Gasteiger partial charge in [0.1, 0.15) is 5.65 Å². The van der Waals surface area contributed by atoms with Crippen LogP contribution in [0.3, 0.4) is 0 Å². The van der Waals surface area contributed by atoms with E-state index in [9.17, 15) is 0 Å². The highest BCUT2D eigenvalue weighted by atomic mass is 15.6. The van der Waals surface area contributed by atoms with Crippen molar-refractivity contribution in [1.29, 1.82) is 0 Å². The van der Waals surface area contributed by atoms with Gasteiger partial charge in [-0.15, -0.1) is 10.2 Å². The second-order valence-corrected chi connectivity index (χ2v) is 4.06. The highest BCUT2D eigenvalue weighted by molar-refractivity contribution is 5.80. The van der Waals surface area contributed by atoms with E-state index >= 15 is 0 Å². The van der Waals surface area contributed by atoms with Crippen molar-refractivity contribution in [3.63, 3.8) is 0 Å². The number of tetrazole rings is 1. The zero-order valence-corrected chi connectivity index (χ0v) is 9.98. The van der Waals surface area contributed by atoms with E-state index in [0.717, 1.165) is 16.6 Å². The molecule has 3 heterocycles. The fourth-order valence-corrected chi connectivity index (χ4v) is 2.02. The molecule has 3 aromatic heterocycles. The number of hydrogen-bond donors (Lipinski definition) is 1. The summed E-state index contributed by atoms with van der Waals surface area (Å²) in [7, 11) is 1.74. The summed E-state index contributed by atoms with van der Waals surface area (Å²) in [6.07, 6.45) is 3.76. The lowest BCUT2D eigenvalue weighted by Crippen LogP contribution is -2.02. The maximum Gasteiger partial charge on any atom is 0.194 e. The van der Waals surface area contributed by atoms with Crippen molar-refractivity contribution >= 4 is 11.0 Å². The zero-order chi connectivity index (χ0) is 12.5. The molecule has 3 aromatic rings. The van der Waals surface area contributed by atoms with Crippen molar-refractivity contribution in [2.45, 2.75) is 13.1 Å². The van der Waals surface area contributed by atoms with Crippen LogP contribution >= 0.6 is 0 Å². The van der Waals surface area contributed by atoms with Crippen LogP contribution in [0.5, 0.6) is 0 Å². The standard InChI is InChI=1S/C11H13N7/c1-17-15-10(14-16-17)7-18-6-8(5-12)9-3-2-4-13-11(9)18/h2-4,6H,5,7,12H2,1H3. The molecule has 7 nitrogen and oxygen atoms in total. The number of hydrogen-bond acceptors (Lipinski definition) is 5. The third-order valence-electron chi connectivity index (χ3n) is 2.80. The van der Waals surface area contributed by atoms with Crippen LogP contribution in [0.4, 0.5) is 0 Å². The van der Waals surface area contributed by atoms with Gasteiger partial charge in [-0.1, -0.05) is 0 Å². The Balaban J connectivity index is 2.06. The summed E-state index contributed by atoms with van der Waals surface area (Å²) < 4.78 is 1.99. The summed E-state index contributed by atoms with van der Waals surface area (Å²) in [5.41, 5.74) is 7.70. The molecule has 0 atom stereocenters. The van der Waals surface area contributed by atoms with Crippen LogP contribution in [-0.4, -0.2) is 29.8 Å². The molecule has 3 rings (SSSR count). The van der Waals surface area contributed by atoms with Crippen molar-refractivity contribution < 1.29 is 0 Å². The first-order valence-electron chi connectivity index (χ1n) is 5.63. The molecule has 7 heteroatoms. The zero-order valence-electron chi connectivity index (χ0n) is 9.98. The summed E-state index contributed by atoms with van der Waals surface area (Å²) >= 11 is 0. The maximum atomic E-state index is 5.74. The summed E-state index contributed by atoms with van der Waals surface area (Å²) in [6.45, 7) is 1.03. The lowest BCUT2D eigenvalue weighted by molar-refractivity contribution is 0.625. The van der Waals surface area contributed by atoms with Crippen molar-refractivity contribution in [2.24, 2.45) is 12.8 Å². The van der Waals surface area contributed by atoms with E-state index in [1.54, 1.807) is 13.2 Å². The van der Waals surface area contributed by atoms with Crippen molar-refractivity contribution in [2.75, 3.05) is 0 Å². The summed E-state index contributed by atoms with van der Waals surface area (Å²) in [4.78, 5) is 5.82. The summed E-state index contributed by atoms with van der Waals surface area (Å²) in [5, 5.41) is 13.0. The molecule has 0 saturated carbocycles. The minimum Gasteiger partial charge on any atom is -0.326 e. The van der Waals surface area contributed by atoms with Crippen LogP contribution in [-0.2, 0) is 20.1 Å². The number of pyridine rings is 1.